The summed E-state index contributed by atoms with van der Waals surface area (Å²) in [4.78, 5) is 28.7. The zero-order valence-electron chi connectivity index (χ0n) is 15.2. The smallest absolute Gasteiger partial charge is 0.253 e. The van der Waals surface area contributed by atoms with Gasteiger partial charge in [-0.2, -0.15) is 0 Å². The Morgan fingerprint density at radius 3 is 2.30 bits per heavy atom. The van der Waals surface area contributed by atoms with Crippen molar-refractivity contribution in [3.63, 3.8) is 0 Å². The molecule has 0 N–H and O–H groups in total. The van der Waals surface area contributed by atoms with Crippen LogP contribution in [0.2, 0.25) is 0 Å². The van der Waals surface area contributed by atoms with Crippen LogP contribution in [-0.2, 0) is 4.79 Å². The average Bonchev–Trinajstić information content (AvgIpc) is 2.99. The SMILES string of the molecule is Cc1ccc(N2C(=O)CSC23CCN(C(=O)c2ccc(F)cc2)CC3)cc1. The lowest BCUT2D eigenvalue weighted by molar-refractivity contribution is -0.116. The van der Waals surface area contributed by atoms with Gasteiger partial charge in [-0.05, 0) is 56.2 Å². The highest BCUT2D eigenvalue weighted by atomic mass is 32.2. The first-order chi connectivity index (χ1) is 13.0. The second-order valence-electron chi connectivity index (χ2n) is 7.10. The van der Waals surface area contributed by atoms with E-state index in [4.69, 9.17) is 0 Å². The van der Waals surface area contributed by atoms with E-state index in [2.05, 4.69) is 0 Å². The third-order valence-corrected chi connectivity index (χ3v) is 6.86. The lowest BCUT2D eigenvalue weighted by Crippen LogP contribution is -2.53. The molecule has 140 valence electrons. The molecule has 0 unspecified atom stereocenters. The molecule has 2 amide bonds. The van der Waals surface area contributed by atoms with E-state index in [1.165, 1.54) is 24.3 Å². The Labute approximate surface area is 162 Å². The van der Waals surface area contributed by atoms with E-state index in [0.717, 1.165) is 24.1 Å². The quantitative estimate of drug-likeness (QED) is 0.790. The summed E-state index contributed by atoms with van der Waals surface area (Å²) in [7, 11) is 0. The summed E-state index contributed by atoms with van der Waals surface area (Å²) in [6.45, 7) is 3.19. The van der Waals surface area contributed by atoms with E-state index in [-0.39, 0.29) is 22.5 Å². The summed E-state index contributed by atoms with van der Waals surface area (Å²) in [5.74, 6) is 0.168. The van der Waals surface area contributed by atoms with Crippen LogP contribution >= 0.6 is 11.8 Å². The second-order valence-corrected chi connectivity index (χ2v) is 8.44. The Bertz CT molecular complexity index is 859. The fraction of sp³-hybridized carbons (Fsp3) is 0.333. The first kappa shape index (κ1) is 18.0. The number of carbonyl (C=O) groups excluding carboxylic acids is 2. The first-order valence-corrected chi connectivity index (χ1v) is 10.1. The number of amides is 2. The molecular weight excluding hydrogens is 363 g/mol. The molecule has 2 aromatic rings. The number of benzene rings is 2. The molecule has 0 saturated carbocycles. The highest BCUT2D eigenvalue weighted by Gasteiger charge is 2.49. The fourth-order valence-electron chi connectivity index (χ4n) is 3.83. The molecule has 2 fully saturated rings. The number of carbonyl (C=O) groups is 2. The summed E-state index contributed by atoms with van der Waals surface area (Å²) < 4.78 is 13.1. The van der Waals surface area contributed by atoms with Crippen molar-refractivity contribution >= 4 is 29.3 Å². The van der Waals surface area contributed by atoms with Gasteiger partial charge in [0.05, 0.1) is 10.6 Å². The molecule has 2 aliphatic heterocycles. The van der Waals surface area contributed by atoms with Gasteiger partial charge in [0.15, 0.2) is 0 Å². The van der Waals surface area contributed by atoms with Crippen LogP contribution in [-0.4, -0.2) is 40.4 Å². The minimum atomic E-state index is -0.348. The van der Waals surface area contributed by atoms with Crippen LogP contribution in [0.15, 0.2) is 48.5 Å². The van der Waals surface area contributed by atoms with Crippen molar-refractivity contribution in [1.82, 2.24) is 4.90 Å². The van der Waals surface area contributed by atoms with Crippen LogP contribution in [0.5, 0.6) is 0 Å². The van der Waals surface area contributed by atoms with E-state index in [1.54, 1.807) is 16.7 Å². The van der Waals surface area contributed by atoms with E-state index in [0.29, 0.717) is 24.4 Å². The van der Waals surface area contributed by atoms with Crippen molar-refractivity contribution in [3.8, 4) is 0 Å². The predicted octanol–water partition coefficient (Wildman–Crippen LogP) is 3.85. The van der Waals surface area contributed by atoms with Crippen molar-refractivity contribution < 1.29 is 14.0 Å². The molecule has 0 bridgehead atoms. The van der Waals surface area contributed by atoms with Crippen molar-refractivity contribution in [2.24, 2.45) is 0 Å². The Balaban J connectivity index is 1.51. The number of likely N-dealkylation sites (tertiary alicyclic amines) is 1. The second kappa shape index (κ2) is 7.00. The number of halogens is 1. The Kier molecular flexibility index (Phi) is 4.68. The standard InChI is InChI=1S/C21H21FN2O2S/c1-15-2-8-18(9-3-15)24-19(25)14-27-21(24)10-12-23(13-11-21)20(26)16-4-6-17(22)7-5-16/h2-9H,10-14H2,1H3. The number of nitrogens with zero attached hydrogens (tertiary/aromatic N) is 2. The Morgan fingerprint density at radius 2 is 1.67 bits per heavy atom. The highest BCUT2D eigenvalue weighted by molar-refractivity contribution is 8.02. The lowest BCUT2D eigenvalue weighted by atomic mass is 10.00. The molecule has 4 rings (SSSR count). The van der Waals surface area contributed by atoms with Crippen LogP contribution in [0.3, 0.4) is 0 Å². The molecule has 27 heavy (non-hydrogen) atoms. The molecule has 2 saturated heterocycles. The molecule has 2 aromatic carbocycles. The van der Waals surface area contributed by atoms with Gasteiger partial charge in [0.2, 0.25) is 5.91 Å². The maximum absolute atomic E-state index is 13.1. The third-order valence-electron chi connectivity index (χ3n) is 5.34. The summed E-state index contributed by atoms with van der Waals surface area (Å²) in [6.07, 6.45) is 1.45. The molecule has 0 aliphatic carbocycles. The minimum Gasteiger partial charge on any atom is -0.338 e. The van der Waals surface area contributed by atoms with Gasteiger partial charge in [-0.3, -0.25) is 14.5 Å². The molecule has 0 atom stereocenters. The topological polar surface area (TPSA) is 40.6 Å². The van der Waals surface area contributed by atoms with Crippen LogP contribution in [0.25, 0.3) is 0 Å². The molecule has 6 heteroatoms. The monoisotopic (exact) mass is 384 g/mol. The fourth-order valence-corrected chi connectivity index (χ4v) is 5.16. The summed E-state index contributed by atoms with van der Waals surface area (Å²) >= 11 is 1.68. The highest BCUT2D eigenvalue weighted by Crippen LogP contribution is 2.46. The number of anilines is 1. The summed E-state index contributed by atoms with van der Waals surface area (Å²) in [6, 6.07) is 13.7. The van der Waals surface area contributed by atoms with Gasteiger partial charge < -0.3 is 4.90 Å². The van der Waals surface area contributed by atoms with Crippen LogP contribution in [0.4, 0.5) is 10.1 Å². The average molecular weight is 384 g/mol. The van der Waals surface area contributed by atoms with Crippen LogP contribution in [0, 0.1) is 12.7 Å². The summed E-state index contributed by atoms with van der Waals surface area (Å²) in [5, 5.41) is 0. The van der Waals surface area contributed by atoms with Gasteiger partial charge in [-0.1, -0.05) is 17.7 Å². The number of piperidine rings is 1. The molecule has 2 aliphatic rings. The normalized spacial score (nSPS) is 19.0. The van der Waals surface area contributed by atoms with E-state index >= 15 is 0 Å². The zero-order chi connectivity index (χ0) is 19.0. The molecule has 0 radical (unpaired) electrons. The number of hydrogen-bond donors (Lipinski definition) is 0. The van der Waals surface area contributed by atoms with Crippen molar-refractivity contribution in [3.05, 3.63) is 65.5 Å². The Morgan fingerprint density at radius 1 is 1.04 bits per heavy atom. The number of thioether (sulfide) groups is 1. The molecule has 0 aromatic heterocycles. The van der Waals surface area contributed by atoms with Gasteiger partial charge >= 0.3 is 0 Å². The van der Waals surface area contributed by atoms with Crippen LogP contribution < -0.4 is 4.90 Å². The number of rotatable bonds is 2. The maximum atomic E-state index is 13.1. The van der Waals surface area contributed by atoms with Gasteiger partial charge in [-0.25, -0.2) is 4.39 Å². The first-order valence-electron chi connectivity index (χ1n) is 9.07. The number of hydrogen-bond acceptors (Lipinski definition) is 3. The Hall–Kier alpha value is -2.34. The molecule has 2 heterocycles. The minimum absolute atomic E-state index is 0.0824. The molecular formula is C21H21FN2O2S. The maximum Gasteiger partial charge on any atom is 0.253 e. The van der Waals surface area contributed by atoms with E-state index < -0.39 is 0 Å². The van der Waals surface area contributed by atoms with Crippen molar-refractivity contribution in [2.75, 3.05) is 23.7 Å². The van der Waals surface area contributed by atoms with Gasteiger partial charge in [0, 0.05) is 24.3 Å². The van der Waals surface area contributed by atoms with Gasteiger partial charge in [0.25, 0.3) is 5.91 Å². The third kappa shape index (κ3) is 3.34. The lowest BCUT2D eigenvalue weighted by Gasteiger charge is -2.44. The number of aryl methyl sites for hydroxylation is 1. The molecule has 4 nitrogen and oxygen atoms in total. The van der Waals surface area contributed by atoms with Gasteiger partial charge in [-0.15, -0.1) is 11.8 Å². The van der Waals surface area contributed by atoms with Gasteiger partial charge in [0.1, 0.15) is 5.82 Å². The largest absolute Gasteiger partial charge is 0.338 e. The van der Waals surface area contributed by atoms with E-state index in [1.807, 2.05) is 36.1 Å². The zero-order valence-corrected chi connectivity index (χ0v) is 16.0. The molecule has 1 spiro atoms. The van der Waals surface area contributed by atoms with E-state index in [9.17, 15) is 14.0 Å². The van der Waals surface area contributed by atoms with Crippen molar-refractivity contribution in [2.45, 2.75) is 24.6 Å². The predicted molar refractivity (Wildman–Crippen MR) is 105 cm³/mol. The summed E-state index contributed by atoms with van der Waals surface area (Å²) in [5.41, 5.74) is 2.58. The van der Waals surface area contributed by atoms with Crippen molar-refractivity contribution in [1.29, 1.82) is 0 Å². The van der Waals surface area contributed by atoms with Crippen LogP contribution in [0.1, 0.15) is 28.8 Å².